The van der Waals surface area contributed by atoms with Crippen LogP contribution in [0.25, 0.3) is 0 Å². The van der Waals surface area contributed by atoms with Crippen LogP contribution in [0.4, 0.5) is 0 Å². The summed E-state index contributed by atoms with van der Waals surface area (Å²) < 4.78 is 0. The van der Waals surface area contributed by atoms with Gasteiger partial charge in [-0.25, -0.2) is 0 Å². The SMILES string of the molecule is N#CC1CC2CCCC2N1Cc1ccccc1. The monoisotopic (exact) mass is 226 g/mol. The van der Waals surface area contributed by atoms with Gasteiger partial charge in [-0.2, -0.15) is 5.26 Å². The van der Waals surface area contributed by atoms with Crippen LogP contribution in [0.1, 0.15) is 31.2 Å². The van der Waals surface area contributed by atoms with Gasteiger partial charge in [0.05, 0.1) is 12.1 Å². The molecular formula is C15H18N2. The highest BCUT2D eigenvalue weighted by Gasteiger charge is 2.43. The molecule has 1 saturated carbocycles. The third-order valence-electron chi connectivity index (χ3n) is 4.33. The van der Waals surface area contributed by atoms with Crippen LogP contribution >= 0.6 is 0 Å². The van der Waals surface area contributed by atoms with Crippen LogP contribution in [0.3, 0.4) is 0 Å². The van der Waals surface area contributed by atoms with Crippen molar-refractivity contribution in [1.29, 1.82) is 5.26 Å². The second-order valence-corrected chi connectivity index (χ2v) is 5.30. The van der Waals surface area contributed by atoms with E-state index >= 15 is 0 Å². The number of likely N-dealkylation sites (tertiary alicyclic amines) is 1. The number of nitrogens with zero attached hydrogens (tertiary/aromatic N) is 2. The van der Waals surface area contributed by atoms with Gasteiger partial charge in [-0.1, -0.05) is 36.8 Å². The van der Waals surface area contributed by atoms with E-state index in [4.69, 9.17) is 0 Å². The van der Waals surface area contributed by atoms with E-state index in [-0.39, 0.29) is 6.04 Å². The van der Waals surface area contributed by atoms with Crippen molar-refractivity contribution in [2.24, 2.45) is 5.92 Å². The van der Waals surface area contributed by atoms with E-state index in [0.29, 0.717) is 6.04 Å². The first kappa shape index (κ1) is 10.8. The average molecular weight is 226 g/mol. The van der Waals surface area contributed by atoms with Crippen LogP contribution in [-0.2, 0) is 6.54 Å². The molecule has 2 heteroatoms. The number of nitriles is 1. The van der Waals surface area contributed by atoms with E-state index in [9.17, 15) is 5.26 Å². The van der Waals surface area contributed by atoms with Gasteiger partial charge in [-0.05, 0) is 30.7 Å². The molecule has 0 amide bonds. The van der Waals surface area contributed by atoms with E-state index in [2.05, 4.69) is 35.2 Å². The van der Waals surface area contributed by atoms with Crippen molar-refractivity contribution >= 4 is 0 Å². The van der Waals surface area contributed by atoms with Gasteiger partial charge in [-0.15, -0.1) is 0 Å². The van der Waals surface area contributed by atoms with Crippen LogP contribution in [0.5, 0.6) is 0 Å². The van der Waals surface area contributed by atoms with Crippen molar-refractivity contribution in [3.63, 3.8) is 0 Å². The Hall–Kier alpha value is -1.33. The van der Waals surface area contributed by atoms with Crippen LogP contribution in [0.15, 0.2) is 30.3 Å². The van der Waals surface area contributed by atoms with Crippen molar-refractivity contribution in [3.05, 3.63) is 35.9 Å². The lowest BCUT2D eigenvalue weighted by molar-refractivity contribution is 0.204. The summed E-state index contributed by atoms with van der Waals surface area (Å²) in [5.74, 6) is 0.781. The highest BCUT2D eigenvalue weighted by molar-refractivity contribution is 5.17. The highest BCUT2D eigenvalue weighted by Crippen LogP contribution is 2.41. The van der Waals surface area contributed by atoms with Gasteiger partial charge in [0.1, 0.15) is 0 Å². The maximum absolute atomic E-state index is 9.28. The molecule has 3 atom stereocenters. The third-order valence-corrected chi connectivity index (χ3v) is 4.33. The zero-order valence-electron chi connectivity index (χ0n) is 10.0. The molecule has 88 valence electrons. The lowest BCUT2D eigenvalue weighted by atomic mass is 10.0. The highest BCUT2D eigenvalue weighted by atomic mass is 15.2. The van der Waals surface area contributed by atoms with Crippen molar-refractivity contribution in [1.82, 2.24) is 4.90 Å². The predicted octanol–water partition coefficient (Wildman–Crippen LogP) is 2.95. The first-order chi connectivity index (χ1) is 8.38. The minimum Gasteiger partial charge on any atom is -0.280 e. The molecule has 0 bridgehead atoms. The number of benzene rings is 1. The van der Waals surface area contributed by atoms with Crippen molar-refractivity contribution in [2.45, 2.75) is 44.3 Å². The maximum Gasteiger partial charge on any atom is 0.0986 e. The normalized spacial score (nSPS) is 32.3. The summed E-state index contributed by atoms with van der Waals surface area (Å²) >= 11 is 0. The van der Waals surface area contributed by atoms with Crippen molar-refractivity contribution in [2.75, 3.05) is 0 Å². The van der Waals surface area contributed by atoms with Crippen LogP contribution in [0.2, 0.25) is 0 Å². The lowest BCUT2D eigenvalue weighted by Gasteiger charge is -2.26. The van der Waals surface area contributed by atoms with Gasteiger partial charge < -0.3 is 0 Å². The van der Waals surface area contributed by atoms with Crippen LogP contribution < -0.4 is 0 Å². The van der Waals surface area contributed by atoms with Gasteiger partial charge in [0.25, 0.3) is 0 Å². The van der Waals surface area contributed by atoms with Gasteiger partial charge in [0, 0.05) is 12.6 Å². The molecule has 1 aliphatic carbocycles. The average Bonchev–Trinajstić information content (AvgIpc) is 2.93. The van der Waals surface area contributed by atoms with Crippen molar-refractivity contribution < 1.29 is 0 Å². The Kier molecular flexibility index (Phi) is 2.86. The first-order valence-electron chi connectivity index (χ1n) is 6.58. The number of fused-ring (bicyclic) bond motifs is 1. The molecule has 0 radical (unpaired) electrons. The molecule has 3 rings (SSSR count). The minimum absolute atomic E-state index is 0.144. The van der Waals surface area contributed by atoms with Gasteiger partial charge in [0.15, 0.2) is 0 Å². The second kappa shape index (κ2) is 4.50. The summed E-state index contributed by atoms with van der Waals surface area (Å²) in [6.45, 7) is 0.945. The smallest absolute Gasteiger partial charge is 0.0986 e. The van der Waals surface area contributed by atoms with Gasteiger partial charge in [-0.3, -0.25) is 4.90 Å². The maximum atomic E-state index is 9.28. The van der Waals surface area contributed by atoms with Gasteiger partial charge >= 0.3 is 0 Å². The molecule has 1 aromatic carbocycles. The zero-order chi connectivity index (χ0) is 11.7. The second-order valence-electron chi connectivity index (χ2n) is 5.30. The summed E-state index contributed by atoms with van der Waals surface area (Å²) in [6, 6.07) is 13.8. The molecule has 1 heterocycles. The molecule has 3 unspecified atom stereocenters. The lowest BCUT2D eigenvalue weighted by Crippen LogP contribution is -2.34. The molecule has 2 fully saturated rings. The quantitative estimate of drug-likeness (QED) is 0.775. The Balaban J connectivity index is 1.78. The molecular weight excluding hydrogens is 208 g/mol. The molecule has 1 saturated heterocycles. The largest absolute Gasteiger partial charge is 0.280 e. The molecule has 17 heavy (non-hydrogen) atoms. The summed E-state index contributed by atoms with van der Waals surface area (Å²) in [7, 11) is 0. The number of hydrogen-bond acceptors (Lipinski definition) is 2. The molecule has 0 N–H and O–H groups in total. The van der Waals surface area contributed by atoms with E-state index in [1.165, 1.54) is 24.8 Å². The Morgan fingerprint density at radius 2 is 2.06 bits per heavy atom. The van der Waals surface area contributed by atoms with Crippen LogP contribution in [-0.4, -0.2) is 17.0 Å². The van der Waals surface area contributed by atoms with E-state index in [0.717, 1.165) is 18.9 Å². The first-order valence-corrected chi connectivity index (χ1v) is 6.58. The number of rotatable bonds is 2. The zero-order valence-corrected chi connectivity index (χ0v) is 10.0. The Bertz CT molecular complexity index is 420. The fraction of sp³-hybridized carbons (Fsp3) is 0.533. The number of hydrogen-bond donors (Lipinski definition) is 0. The predicted molar refractivity (Wildman–Crippen MR) is 67.1 cm³/mol. The van der Waals surface area contributed by atoms with E-state index < -0.39 is 0 Å². The topological polar surface area (TPSA) is 27.0 Å². The molecule has 0 aromatic heterocycles. The molecule has 1 aliphatic heterocycles. The molecule has 1 aromatic rings. The third kappa shape index (κ3) is 1.96. The fourth-order valence-corrected chi connectivity index (χ4v) is 3.53. The van der Waals surface area contributed by atoms with Crippen molar-refractivity contribution in [3.8, 4) is 6.07 Å². The minimum atomic E-state index is 0.144. The summed E-state index contributed by atoms with van der Waals surface area (Å²) in [5, 5.41) is 9.28. The fourth-order valence-electron chi connectivity index (χ4n) is 3.53. The standard InChI is InChI=1S/C15H18N2/c16-10-14-9-13-7-4-8-15(13)17(14)11-12-5-2-1-3-6-12/h1-3,5-6,13-15H,4,7-9,11H2. The summed E-state index contributed by atoms with van der Waals surface area (Å²) in [4.78, 5) is 2.44. The summed E-state index contributed by atoms with van der Waals surface area (Å²) in [5.41, 5.74) is 1.33. The van der Waals surface area contributed by atoms with Gasteiger partial charge in [0.2, 0.25) is 0 Å². The van der Waals surface area contributed by atoms with E-state index in [1.54, 1.807) is 0 Å². The molecule has 2 nitrogen and oxygen atoms in total. The van der Waals surface area contributed by atoms with E-state index in [1.807, 2.05) is 6.07 Å². The Labute approximate surface area is 103 Å². The molecule has 2 aliphatic rings. The Morgan fingerprint density at radius 1 is 1.24 bits per heavy atom. The molecule has 0 spiro atoms. The van der Waals surface area contributed by atoms with Crippen LogP contribution in [0, 0.1) is 17.2 Å². The summed E-state index contributed by atoms with van der Waals surface area (Å²) in [6.07, 6.45) is 5.05. The Morgan fingerprint density at radius 3 is 2.82 bits per heavy atom.